The molecule has 0 bridgehead atoms. The molecular weight excluding hydrogens is 224 g/mol. The van der Waals surface area contributed by atoms with E-state index in [9.17, 15) is 4.79 Å². The lowest BCUT2D eigenvalue weighted by molar-refractivity contribution is -0.123. The van der Waals surface area contributed by atoms with Gasteiger partial charge in [-0.2, -0.15) is 5.10 Å². The van der Waals surface area contributed by atoms with Crippen LogP contribution in [0.15, 0.2) is 23.3 Å². The van der Waals surface area contributed by atoms with Crippen molar-refractivity contribution in [2.45, 2.75) is 0 Å². The second kappa shape index (κ2) is 5.31. The number of nitrogens with one attached hydrogen (secondary N) is 1. The summed E-state index contributed by atoms with van der Waals surface area (Å²) in [5.74, 6) is 0.806. The zero-order valence-electron chi connectivity index (χ0n) is 9.05. The van der Waals surface area contributed by atoms with Crippen LogP contribution in [0, 0.1) is 0 Å². The van der Waals surface area contributed by atoms with E-state index in [0.717, 1.165) is 5.56 Å². The van der Waals surface area contributed by atoms with Crippen molar-refractivity contribution in [2.24, 2.45) is 5.10 Å². The Morgan fingerprint density at radius 3 is 2.94 bits per heavy atom. The van der Waals surface area contributed by atoms with Crippen molar-refractivity contribution in [3.05, 3.63) is 23.8 Å². The Morgan fingerprint density at radius 2 is 2.18 bits per heavy atom. The fourth-order valence-corrected chi connectivity index (χ4v) is 1.35. The van der Waals surface area contributed by atoms with E-state index in [1.54, 1.807) is 18.2 Å². The van der Waals surface area contributed by atoms with Crippen molar-refractivity contribution in [1.82, 2.24) is 5.43 Å². The summed E-state index contributed by atoms with van der Waals surface area (Å²) >= 11 is 0. The molecule has 1 aliphatic heterocycles. The highest BCUT2D eigenvalue weighted by molar-refractivity contribution is 5.83. The zero-order valence-corrected chi connectivity index (χ0v) is 9.05. The lowest BCUT2D eigenvalue weighted by Crippen LogP contribution is -2.20. The number of aliphatic hydroxyl groups excluding tert-OH is 1. The summed E-state index contributed by atoms with van der Waals surface area (Å²) in [7, 11) is 0. The van der Waals surface area contributed by atoms with E-state index in [4.69, 9.17) is 14.6 Å². The summed E-state index contributed by atoms with van der Waals surface area (Å²) in [5.41, 5.74) is 2.94. The van der Waals surface area contributed by atoms with Gasteiger partial charge < -0.3 is 14.6 Å². The number of hydrogen-bond donors (Lipinski definition) is 2. The summed E-state index contributed by atoms with van der Waals surface area (Å²) < 4.78 is 10.8. The third-order valence-corrected chi connectivity index (χ3v) is 2.11. The van der Waals surface area contributed by atoms with Gasteiger partial charge in [-0.25, -0.2) is 5.43 Å². The topological polar surface area (TPSA) is 80.2 Å². The normalized spacial score (nSPS) is 13.7. The third kappa shape index (κ3) is 2.94. The minimum Gasteiger partial charge on any atom is -0.486 e. The first-order valence-electron chi connectivity index (χ1n) is 5.12. The van der Waals surface area contributed by atoms with Crippen molar-refractivity contribution in [2.75, 3.05) is 19.8 Å². The van der Waals surface area contributed by atoms with Crippen LogP contribution in [0.2, 0.25) is 0 Å². The van der Waals surface area contributed by atoms with Gasteiger partial charge in [0.2, 0.25) is 0 Å². The Bertz CT molecular complexity index is 445. The lowest BCUT2D eigenvalue weighted by Gasteiger charge is -2.18. The first-order chi connectivity index (χ1) is 8.29. The predicted octanol–water partition coefficient (Wildman–Crippen LogP) is -0.0998. The van der Waals surface area contributed by atoms with E-state index in [-0.39, 0.29) is 0 Å². The first-order valence-corrected chi connectivity index (χ1v) is 5.12. The van der Waals surface area contributed by atoms with E-state index in [0.29, 0.717) is 24.7 Å². The number of benzene rings is 1. The maximum absolute atomic E-state index is 10.7. The highest BCUT2D eigenvalue weighted by Gasteiger charge is 2.10. The Balaban J connectivity index is 2.04. The SMILES string of the molecule is O=C(CO)N/N=C/c1ccc2c(c1)OCCO2. The van der Waals surface area contributed by atoms with Crippen LogP contribution in [0.25, 0.3) is 0 Å². The molecule has 1 amide bonds. The van der Waals surface area contributed by atoms with Crippen molar-refractivity contribution in [3.8, 4) is 11.5 Å². The van der Waals surface area contributed by atoms with Crippen LogP contribution in [-0.4, -0.2) is 37.0 Å². The van der Waals surface area contributed by atoms with Gasteiger partial charge in [0.1, 0.15) is 19.8 Å². The van der Waals surface area contributed by atoms with Crippen LogP contribution in [-0.2, 0) is 4.79 Å². The molecule has 2 rings (SSSR count). The van der Waals surface area contributed by atoms with Crippen molar-refractivity contribution >= 4 is 12.1 Å². The average molecular weight is 236 g/mol. The largest absolute Gasteiger partial charge is 0.486 e. The first kappa shape index (κ1) is 11.4. The quantitative estimate of drug-likeness (QED) is 0.567. The summed E-state index contributed by atoms with van der Waals surface area (Å²) in [4.78, 5) is 10.7. The monoisotopic (exact) mass is 236 g/mol. The molecule has 0 aromatic heterocycles. The number of hydrogen-bond acceptors (Lipinski definition) is 5. The number of nitrogens with zero attached hydrogens (tertiary/aromatic N) is 1. The Labute approximate surface area is 97.8 Å². The second-order valence-electron chi connectivity index (χ2n) is 3.35. The molecule has 1 heterocycles. The number of carbonyl (C=O) groups excluding carboxylic acids is 1. The molecule has 17 heavy (non-hydrogen) atoms. The molecule has 6 heteroatoms. The number of rotatable bonds is 3. The molecule has 6 nitrogen and oxygen atoms in total. The van der Waals surface area contributed by atoms with E-state index in [1.165, 1.54) is 6.21 Å². The maximum atomic E-state index is 10.7. The minimum absolute atomic E-state index is 0.523. The minimum atomic E-state index is -0.585. The van der Waals surface area contributed by atoms with Gasteiger partial charge in [0.25, 0.3) is 5.91 Å². The van der Waals surface area contributed by atoms with Gasteiger partial charge in [-0.1, -0.05) is 0 Å². The molecular formula is C11H12N2O4. The molecule has 1 aromatic rings. The molecule has 1 aliphatic rings. The molecule has 90 valence electrons. The van der Waals surface area contributed by atoms with E-state index in [1.807, 2.05) is 0 Å². The Morgan fingerprint density at radius 1 is 1.41 bits per heavy atom. The Kier molecular flexibility index (Phi) is 3.56. The molecule has 0 atom stereocenters. The smallest absolute Gasteiger partial charge is 0.265 e. The van der Waals surface area contributed by atoms with Gasteiger partial charge in [-0.05, 0) is 23.8 Å². The van der Waals surface area contributed by atoms with Crippen LogP contribution in [0.1, 0.15) is 5.56 Å². The summed E-state index contributed by atoms with van der Waals surface area (Å²) in [6, 6.07) is 5.34. The number of aliphatic hydroxyl groups is 1. The molecule has 0 saturated heterocycles. The molecule has 0 radical (unpaired) electrons. The van der Waals surface area contributed by atoms with Gasteiger partial charge >= 0.3 is 0 Å². The van der Waals surface area contributed by atoms with Crippen molar-refractivity contribution in [1.29, 1.82) is 0 Å². The molecule has 0 aliphatic carbocycles. The Hall–Kier alpha value is -2.08. The van der Waals surface area contributed by atoms with E-state index >= 15 is 0 Å². The lowest BCUT2D eigenvalue weighted by atomic mass is 10.2. The molecule has 0 fully saturated rings. The average Bonchev–Trinajstić information content (AvgIpc) is 2.38. The fraction of sp³-hybridized carbons (Fsp3) is 0.273. The number of amides is 1. The second-order valence-corrected chi connectivity index (χ2v) is 3.35. The van der Waals surface area contributed by atoms with Crippen LogP contribution >= 0.6 is 0 Å². The molecule has 2 N–H and O–H groups in total. The summed E-state index contributed by atoms with van der Waals surface area (Å²) in [5, 5.41) is 12.1. The molecule has 0 saturated carbocycles. The van der Waals surface area contributed by atoms with Gasteiger partial charge in [0, 0.05) is 0 Å². The van der Waals surface area contributed by atoms with E-state index in [2.05, 4.69) is 10.5 Å². The van der Waals surface area contributed by atoms with Crippen molar-refractivity contribution < 1.29 is 19.4 Å². The number of fused-ring (bicyclic) bond motifs is 1. The van der Waals surface area contributed by atoms with Gasteiger partial charge in [-0.15, -0.1) is 0 Å². The van der Waals surface area contributed by atoms with Crippen molar-refractivity contribution in [3.63, 3.8) is 0 Å². The highest BCUT2D eigenvalue weighted by Crippen LogP contribution is 2.30. The number of hydrazone groups is 1. The standard InChI is InChI=1S/C11H12N2O4/c14-7-11(15)13-12-6-8-1-2-9-10(5-8)17-4-3-16-9/h1-2,5-6,14H,3-4,7H2,(H,13,15)/b12-6+. The van der Waals surface area contributed by atoms with Crippen LogP contribution in [0.3, 0.4) is 0 Å². The zero-order chi connectivity index (χ0) is 12.1. The number of carbonyl (C=O) groups is 1. The summed E-state index contributed by atoms with van der Waals surface area (Å²) in [6.45, 7) is 0.486. The molecule has 0 unspecified atom stereocenters. The van der Waals surface area contributed by atoms with Gasteiger partial charge in [0.05, 0.1) is 6.21 Å². The van der Waals surface area contributed by atoms with Crippen LogP contribution in [0.5, 0.6) is 11.5 Å². The van der Waals surface area contributed by atoms with Crippen LogP contribution in [0.4, 0.5) is 0 Å². The fourth-order valence-electron chi connectivity index (χ4n) is 1.35. The molecule has 1 aromatic carbocycles. The predicted molar refractivity (Wildman–Crippen MR) is 60.3 cm³/mol. The highest BCUT2D eigenvalue weighted by atomic mass is 16.6. The maximum Gasteiger partial charge on any atom is 0.265 e. The summed E-state index contributed by atoms with van der Waals surface area (Å²) in [6.07, 6.45) is 1.46. The number of ether oxygens (including phenoxy) is 2. The third-order valence-electron chi connectivity index (χ3n) is 2.11. The van der Waals surface area contributed by atoms with E-state index < -0.39 is 12.5 Å². The van der Waals surface area contributed by atoms with Gasteiger partial charge in [0.15, 0.2) is 11.5 Å². The van der Waals surface area contributed by atoms with Gasteiger partial charge in [-0.3, -0.25) is 4.79 Å². The van der Waals surface area contributed by atoms with Crippen LogP contribution < -0.4 is 14.9 Å². The molecule has 0 spiro atoms.